The Morgan fingerprint density at radius 3 is 2.56 bits per heavy atom. The van der Waals surface area contributed by atoms with E-state index in [4.69, 9.17) is 5.73 Å². The first kappa shape index (κ1) is 14.5. The molecule has 1 rings (SSSR count). The van der Waals surface area contributed by atoms with E-state index in [-0.39, 0.29) is 18.2 Å². The van der Waals surface area contributed by atoms with Crippen molar-refractivity contribution in [1.82, 2.24) is 0 Å². The molecule has 18 heavy (non-hydrogen) atoms. The van der Waals surface area contributed by atoms with E-state index in [1.54, 1.807) is 32.0 Å². The van der Waals surface area contributed by atoms with Crippen molar-refractivity contribution in [1.29, 1.82) is 0 Å². The Balaban J connectivity index is 2.90. The molecule has 6 nitrogen and oxygen atoms in total. The van der Waals surface area contributed by atoms with Crippen molar-refractivity contribution in [2.24, 2.45) is 5.73 Å². The van der Waals surface area contributed by atoms with E-state index in [1.807, 2.05) is 0 Å². The third-order valence-electron chi connectivity index (χ3n) is 2.34. The van der Waals surface area contributed by atoms with Crippen molar-refractivity contribution in [3.63, 3.8) is 0 Å². The molecule has 0 radical (unpaired) electrons. The average molecular weight is 271 g/mol. The van der Waals surface area contributed by atoms with Gasteiger partial charge >= 0.3 is 0 Å². The Kier molecular flexibility index (Phi) is 4.69. The van der Waals surface area contributed by atoms with Gasteiger partial charge in [0.1, 0.15) is 0 Å². The average Bonchev–Trinajstić information content (AvgIpc) is 2.32. The van der Waals surface area contributed by atoms with Gasteiger partial charge in [-0.25, -0.2) is 8.42 Å². The van der Waals surface area contributed by atoms with Crippen LogP contribution in [0.2, 0.25) is 0 Å². The van der Waals surface area contributed by atoms with Crippen LogP contribution in [0.5, 0.6) is 0 Å². The maximum Gasteiger partial charge on any atom is 0.238 e. The molecule has 0 atom stereocenters. The zero-order valence-corrected chi connectivity index (χ0v) is 11.2. The lowest BCUT2D eigenvalue weighted by molar-refractivity contribution is -0.114. The second-order valence-electron chi connectivity index (χ2n) is 3.79. The number of amides is 1. The first-order valence-electron chi connectivity index (χ1n) is 5.49. The van der Waals surface area contributed by atoms with Crippen LogP contribution in [-0.2, 0) is 14.8 Å². The number of hydrogen-bond donors (Lipinski definition) is 3. The molecule has 0 heterocycles. The van der Waals surface area contributed by atoms with Gasteiger partial charge in [-0.15, -0.1) is 0 Å². The van der Waals surface area contributed by atoms with Crippen molar-refractivity contribution in [2.45, 2.75) is 13.8 Å². The summed E-state index contributed by atoms with van der Waals surface area (Å²) in [4.78, 5) is 11.1. The molecule has 0 bridgehead atoms. The van der Waals surface area contributed by atoms with Crippen molar-refractivity contribution in [3.8, 4) is 0 Å². The second-order valence-corrected chi connectivity index (χ2v) is 5.80. The number of benzene rings is 1. The molecule has 0 aliphatic rings. The number of carbonyl (C=O) groups is 1. The van der Waals surface area contributed by atoms with Crippen LogP contribution in [0.3, 0.4) is 0 Å². The SMILES string of the molecule is CCS(=O)(=O)Nc1ccc(NC(=O)CN)cc1C. The Morgan fingerprint density at radius 2 is 2.06 bits per heavy atom. The minimum Gasteiger partial charge on any atom is -0.325 e. The van der Waals surface area contributed by atoms with Gasteiger partial charge in [0, 0.05) is 5.69 Å². The Bertz CT molecular complexity index is 540. The van der Waals surface area contributed by atoms with E-state index >= 15 is 0 Å². The number of hydrogen-bond acceptors (Lipinski definition) is 4. The summed E-state index contributed by atoms with van der Waals surface area (Å²) in [5.41, 5.74) is 7.00. The summed E-state index contributed by atoms with van der Waals surface area (Å²) in [6.07, 6.45) is 0. The third-order valence-corrected chi connectivity index (χ3v) is 3.63. The summed E-state index contributed by atoms with van der Waals surface area (Å²) >= 11 is 0. The number of carbonyl (C=O) groups excluding carboxylic acids is 1. The lowest BCUT2D eigenvalue weighted by atomic mass is 10.2. The number of nitrogens with one attached hydrogen (secondary N) is 2. The smallest absolute Gasteiger partial charge is 0.238 e. The maximum absolute atomic E-state index is 11.4. The van der Waals surface area contributed by atoms with Crippen LogP contribution in [0.1, 0.15) is 12.5 Å². The van der Waals surface area contributed by atoms with Gasteiger partial charge in [0.25, 0.3) is 0 Å². The molecule has 1 aromatic carbocycles. The van der Waals surface area contributed by atoms with Crippen molar-refractivity contribution in [2.75, 3.05) is 22.3 Å². The minimum absolute atomic E-state index is 0.0120. The number of rotatable bonds is 5. The van der Waals surface area contributed by atoms with E-state index < -0.39 is 10.0 Å². The summed E-state index contributed by atoms with van der Waals surface area (Å²) in [7, 11) is -3.29. The van der Waals surface area contributed by atoms with Gasteiger partial charge in [-0.05, 0) is 37.6 Å². The molecule has 0 aliphatic heterocycles. The maximum atomic E-state index is 11.4. The van der Waals surface area contributed by atoms with Crippen LogP contribution < -0.4 is 15.8 Å². The molecular weight excluding hydrogens is 254 g/mol. The highest BCUT2D eigenvalue weighted by Gasteiger charge is 2.09. The van der Waals surface area contributed by atoms with Crippen LogP contribution in [0.4, 0.5) is 11.4 Å². The van der Waals surface area contributed by atoms with Crippen LogP contribution in [0.15, 0.2) is 18.2 Å². The zero-order valence-electron chi connectivity index (χ0n) is 10.4. The Morgan fingerprint density at radius 1 is 1.39 bits per heavy atom. The standard InChI is InChI=1S/C11H17N3O3S/c1-3-18(16,17)14-10-5-4-9(6-8(10)2)13-11(15)7-12/h4-6,14H,3,7,12H2,1-2H3,(H,13,15). The van der Waals surface area contributed by atoms with Gasteiger partial charge in [-0.2, -0.15) is 0 Å². The van der Waals surface area contributed by atoms with Crippen LogP contribution in [-0.4, -0.2) is 26.6 Å². The third kappa shape index (κ3) is 4.01. The molecule has 0 unspecified atom stereocenters. The monoisotopic (exact) mass is 271 g/mol. The van der Waals surface area contributed by atoms with E-state index in [1.165, 1.54) is 0 Å². The van der Waals surface area contributed by atoms with Crippen LogP contribution in [0, 0.1) is 6.92 Å². The molecule has 0 aromatic heterocycles. The molecule has 1 amide bonds. The first-order valence-corrected chi connectivity index (χ1v) is 7.14. The lowest BCUT2D eigenvalue weighted by Crippen LogP contribution is -2.22. The highest BCUT2D eigenvalue weighted by molar-refractivity contribution is 7.92. The van der Waals surface area contributed by atoms with Gasteiger partial charge in [0.05, 0.1) is 18.0 Å². The van der Waals surface area contributed by atoms with Gasteiger partial charge in [-0.3, -0.25) is 9.52 Å². The molecule has 0 aliphatic carbocycles. The van der Waals surface area contributed by atoms with Crippen molar-refractivity contribution in [3.05, 3.63) is 23.8 Å². The second kappa shape index (κ2) is 5.83. The fourth-order valence-corrected chi connectivity index (χ4v) is 2.02. The van der Waals surface area contributed by atoms with Crippen LogP contribution in [0.25, 0.3) is 0 Å². The minimum atomic E-state index is -3.29. The zero-order chi connectivity index (χ0) is 13.8. The van der Waals surface area contributed by atoms with Gasteiger partial charge < -0.3 is 11.1 Å². The normalized spacial score (nSPS) is 11.1. The highest BCUT2D eigenvalue weighted by atomic mass is 32.2. The molecule has 4 N–H and O–H groups in total. The topological polar surface area (TPSA) is 101 Å². The molecular formula is C11H17N3O3S. The van der Waals surface area contributed by atoms with E-state index in [2.05, 4.69) is 10.0 Å². The largest absolute Gasteiger partial charge is 0.325 e. The van der Waals surface area contributed by atoms with E-state index in [9.17, 15) is 13.2 Å². The number of anilines is 2. The molecule has 7 heteroatoms. The van der Waals surface area contributed by atoms with E-state index in [0.717, 1.165) is 5.56 Å². The Hall–Kier alpha value is -1.60. The number of aryl methyl sites for hydroxylation is 1. The molecule has 100 valence electrons. The highest BCUT2D eigenvalue weighted by Crippen LogP contribution is 2.20. The summed E-state index contributed by atoms with van der Waals surface area (Å²) in [5.74, 6) is -0.283. The fourth-order valence-electron chi connectivity index (χ4n) is 1.31. The number of sulfonamides is 1. The molecule has 0 spiro atoms. The summed E-state index contributed by atoms with van der Waals surface area (Å²) in [5, 5.41) is 2.60. The fraction of sp³-hybridized carbons (Fsp3) is 0.364. The van der Waals surface area contributed by atoms with Gasteiger partial charge in [-0.1, -0.05) is 0 Å². The molecule has 0 fully saturated rings. The summed E-state index contributed by atoms with van der Waals surface area (Å²) in [6.45, 7) is 3.22. The molecule has 0 saturated carbocycles. The van der Waals surface area contributed by atoms with Gasteiger partial charge in [0.15, 0.2) is 0 Å². The van der Waals surface area contributed by atoms with Crippen LogP contribution >= 0.6 is 0 Å². The predicted molar refractivity (Wildman–Crippen MR) is 71.9 cm³/mol. The molecule has 1 aromatic rings. The predicted octanol–water partition coefficient (Wildman–Crippen LogP) is 0.654. The lowest BCUT2D eigenvalue weighted by Gasteiger charge is -2.11. The molecule has 0 saturated heterocycles. The summed E-state index contributed by atoms with van der Waals surface area (Å²) in [6, 6.07) is 4.91. The Labute approximate surface area is 107 Å². The first-order chi connectivity index (χ1) is 8.38. The summed E-state index contributed by atoms with van der Waals surface area (Å²) < 4.78 is 25.3. The quantitative estimate of drug-likeness (QED) is 0.732. The van der Waals surface area contributed by atoms with Gasteiger partial charge in [0.2, 0.25) is 15.9 Å². The van der Waals surface area contributed by atoms with Crippen molar-refractivity contribution >= 4 is 27.3 Å². The van der Waals surface area contributed by atoms with E-state index in [0.29, 0.717) is 11.4 Å². The van der Waals surface area contributed by atoms with Crippen molar-refractivity contribution < 1.29 is 13.2 Å². The number of nitrogens with two attached hydrogens (primary N) is 1.